The molecule has 1 atom stereocenters. The Bertz CT molecular complexity index is 475. The number of carbonyl (C=O) groups excluding carboxylic acids is 2. The van der Waals surface area contributed by atoms with Crippen LogP contribution in [-0.4, -0.2) is 17.9 Å². The number of primary amides is 1. The van der Waals surface area contributed by atoms with Gasteiger partial charge in [0.25, 0.3) is 0 Å². The SMILES string of the molecule is CC(N)CCCC(=O)Nc1cc(C(N)=O)ccc1F. The topological polar surface area (TPSA) is 98.2 Å². The van der Waals surface area contributed by atoms with E-state index >= 15 is 0 Å². The summed E-state index contributed by atoms with van der Waals surface area (Å²) >= 11 is 0. The van der Waals surface area contributed by atoms with E-state index < -0.39 is 11.7 Å². The first-order valence-corrected chi connectivity index (χ1v) is 6.05. The molecule has 104 valence electrons. The maximum Gasteiger partial charge on any atom is 0.248 e. The number of rotatable bonds is 6. The van der Waals surface area contributed by atoms with Crippen LogP contribution < -0.4 is 16.8 Å². The smallest absolute Gasteiger partial charge is 0.248 e. The van der Waals surface area contributed by atoms with Crippen LogP contribution in [0.15, 0.2) is 18.2 Å². The molecule has 0 aliphatic rings. The molecule has 19 heavy (non-hydrogen) atoms. The first-order valence-electron chi connectivity index (χ1n) is 6.05. The Kier molecular flexibility index (Phi) is 5.44. The molecule has 0 spiro atoms. The Morgan fingerprint density at radius 1 is 1.42 bits per heavy atom. The van der Waals surface area contributed by atoms with Gasteiger partial charge in [-0.05, 0) is 38.0 Å². The Morgan fingerprint density at radius 2 is 2.11 bits per heavy atom. The number of benzene rings is 1. The Morgan fingerprint density at radius 3 is 2.68 bits per heavy atom. The second kappa shape index (κ2) is 6.84. The molecule has 1 aromatic carbocycles. The Balaban J connectivity index is 2.63. The van der Waals surface area contributed by atoms with Crippen LogP contribution in [-0.2, 0) is 4.79 Å². The largest absolute Gasteiger partial charge is 0.366 e. The van der Waals surface area contributed by atoms with E-state index in [2.05, 4.69) is 5.32 Å². The zero-order valence-electron chi connectivity index (χ0n) is 10.8. The lowest BCUT2D eigenvalue weighted by Gasteiger charge is -2.08. The van der Waals surface area contributed by atoms with E-state index in [0.717, 1.165) is 12.5 Å². The summed E-state index contributed by atoms with van der Waals surface area (Å²) in [5, 5.41) is 2.42. The van der Waals surface area contributed by atoms with Gasteiger partial charge in [-0.3, -0.25) is 9.59 Å². The van der Waals surface area contributed by atoms with Gasteiger partial charge in [-0.15, -0.1) is 0 Å². The zero-order valence-corrected chi connectivity index (χ0v) is 10.8. The minimum atomic E-state index is -0.674. The molecule has 0 saturated carbocycles. The van der Waals surface area contributed by atoms with Crippen molar-refractivity contribution in [1.82, 2.24) is 0 Å². The summed E-state index contributed by atoms with van der Waals surface area (Å²) in [5.41, 5.74) is 10.8. The molecule has 0 saturated heterocycles. The van der Waals surface area contributed by atoms with Crippen LogP contribution in [0.4, 0.5) is 10.1 Å². The molecule has 1 aromatic rings. The van der Waals surface area contributed by atoms with Crippen molar-refractivity contribution < 1.29 is 14.0 Å². The van der Waals surface area contributed by atoms with Crippen LogP contribution >= 0.6 is 0 Å². The number of hydrogen-bond acceptors (Lipinski definition) is 3. The van der Waals surface area contributed by atoms with Crippen LogP contribution in [0.25, 0.3) is 0 Å². The van der Waals surface area contributed by atoms with Crippen LogP contribution in [0.5, 0.6) is 0 Å². The lowest BCUT2D eigenvalue weighted by atomic mass is 10.1. The van der Waals surface area contributed by atoms with Crippen molar-refractivity contribution in [2.45, 2.75) is 32.2 Å². The van der Waals surface area contributed by atoms with Crippen LogP contribution in [0.2, 0.25) is 0 Å². The quantitative estimate of drug-likeness (QED) is 0.726. The second-order valence-electron chi connectivity index (χ2n) is 4.48. The van der Waals surface area contributed by atoms with Crippen molar-refractivity contribution in [3.05, 3.63) is 29.6 Å². The Labute approximate surface area is 111 Å². The zero-order chi connectivity index (χ0) is 14.4. The van der Waals surface area contributed by atoms with Crippen LogP contribution in [0.1, 0.15) is 36.5 Å². The summed E-state index contributed by atoms with van der Waals surface area (Å²) in [4.78, 5) is 22.6. The monoisotopic (exact) mass is 267 g/mol. The first-order chi connectivity index (χ1) is 8.90. The van der Waals surface area contributed by atoms with Crippen molar-refractivity contribution in [2.24, 2.45) is 11.5 Å². The minimum absolute atomic E-state index is 0.0303. The fourth-order valence-corrected chi connectivity index (χ4v) is 1.57. The van der Waals surface area contributed by atoms with Crippen molar-refractivity contribution in [3.63, 3.8) is 0 Å². The summed E-state index contributed by atoms with van der Waals surface area (Å²) in [6.45, 7) is 1.86. The summed E-state index contributed by atoms with van der Waals surface area (Å²) < 4.78 is 13.5. The maximum absolute atomic E-state index is 13.5. The summed E-state index contributed by atoms with van der Waals surface area (Å²) in [7, 11) is 0. The van der Waals surface area contributed by atoms with Crippen molar-refractivity contribution >= 4 is 17.5 Å². The lowest BCUT2D eigenvalue weighted by molar-refractivity contribution is -0.116. The van der Waals surface area contributed by atoms with Crippen molar-refractivity contribution in [2.75, 3.05) is 5.32 Å². The highest BCUT2D eigenvalue weighted by Gasteiger charge is 2.10. The normalized spacial score (nSPS) is 11.9. The van der Waals surface area contributed by atoms with E-state index in [9.17, 15) is 14.0 Å². The molecule has 6 heteroatoms. The number of halogens is 1. The minimum Gasteiger partial charge on any atom is -0.366 e. The maximum atomic E-state index is 13.5. The van der Waals surface area contributed by atoms with E-state index in [1.165, 1.54) is 12.1 Å². The highest BCUT2D eigenvalue weighted by molar-refractivity contribution is 5.96. The fourth-order valence-electron chi connectivity index (χ4n) is 1.57. The molecule has 1 unspecified atom stereocenters. The molecule has 0 radical (unpaired) electrons. The van der Waals surface area contributed by atoms with Crippen molar-refractivity contribution in [1.29, 1.82) is 0 Å². The van der Waals surface area contributed by atoms with Crippen molar-refractivity contribution in [3.8, 4) is 0 Å². The molecule has 0 fully saturated rings. The van der Waals surface area contributed by atoms with Gasteiger partial charge in [-0.25, -0.2) is 4.39 Å². The van der Waals surface area contributed by atoms with E-state index in [0.29, 0.717) is 6.42 Å². The number of carbonyl (C=O) groups is 2. The van der Waals surface area contributed by atoms with Gasteiger partial charge in [-0.1, -0.05) is 0 Å². The fraction of sp³-hybridized carbons (Fsp3) is 0.385. The van der Waals surface area contributed by atoms with Gasteiger partial charge in [0, 0.05) is 18.0 Å². The number of amides is 2. The third-order valence-corrected chi connectivity index (χ3v) is 2.59. The summed E-state index contributed by atoms with van der Waals surface area (Å²) in [5.74, 6) is -1.60. The molecular weight excluding hydrogens is 249 g/mol. The number of anilines is 1. The standard InChI is InChI=1S/C13H18FN3O2/c1-8(15)3-2-4-12(18)17-11-7-9(13(16)19)5-6-10(11)14/h5-8H,2-4,15H2,1H3,(H2,16,19)(H,17,18). The molecule has 0 heterocycles. The van der Waals surface area contributed by atoms with E-state index in [-0.39, 0.29) is 29.6 Å². The van der Waals surface area contributed by atoms with Gasteiger partial charge in [0.15, 0.2) is 0 Å². The molecule has 5 nitrogen and oxygen atoms in total. The molecule has 2 amide bonds. The molecule has 0 aliphatic heterocycles. The molecule has 0 aliphatic carbocycles. The van der Waals surface area contributed by atoms with Crippen LogP contribution in [0, 0.1) is 5.82 Å². The predicted molar refractivity (Wildman–Crippen MR) is 71.0 cm³/mol. The second-order valence-corrected chi connectivity index (χ2v) is 4.48. The average Bonchev–Trinajstić information content (AvgIpc) is 2.31. The van der Waals surface area contributed by atoms with Gasteiger partial charge in [-0.2, -0.15) is 0 Å². The third-order valence-electron chi connectivity index (χ3n) is 2.59. The van der Waals surface area contributed by atoms with Gasteiger partial charge in [0.1, 0.15) is 5.82 Å². The van der Waals surface area contributed by atoms with Gasteiger partial charge >= 0.3 is 0 Å². The molecule has 0 aromatic heterocycles. The van der Waals surface area contributed by atoms with E-state index in [1.54, 1.807) is 0 Å². The molecular formula is C13H18FN3O2. The lowest BCUT2D eigenvalue weighted by Crippen LogP contribution is -2.18. The first kappa shape index (κ1) is 15.1. The highest BCUT2D eigenvalue weighted by atomic mass is 19.1. The summed E-state index contributed by atoms with van der Waals surface area (Å²) in [6, 6.07) is 3.62. The molecule has 5 N–H and O–H groups in total. The predicted octanol–water partition coefficient (Wildman–Crippen LogP) is 1.38. The van der Waals surface area contributed by atoms with E-state index in [4.69, 9.17) is 11.5 Å². The molecule has 0 bridgehead atoms. The van der Waals surface area contributed by atoms with Crippen LogP contribution in [0.3, 0.4) is 0 Å². The molecule has 1 rings (SSSR count). The highest BCUT2D eigenvalue weighted by Crippen LogP contribution is 2.16. The number of nitrogens with two attached hydrogens (primary N) is 2. The number of nitrogens with one attached hydrogen (secondary N) is 1. The van der Waals surface area contributed by atoms with Gasteiger partial charge in [0.05, 0.1) is 5.69 Å². The summed E-state index contributed by atoms with van der Waals surface area (Å²) in [6.07, 6.45) is 1.60. The van der Waals surface area contributed by atoms with E-state index in [1.807, 2.05) is 6.92 Å². The van der Waals surface area contributed by atoms with Gasteiger partial charge in [0.2, 0.25) is 11.8 Å². The third kappa shape index (κ3) is 5.05. The number of hydrogen-bond donors (Lipinski definition) is 3. The average molecular weight is 267 g/mol. The van der Waals surface area contributed by atoms with Gasteiger partial charge < -0.3 is 16.8 Å². The Hall–Kier alpha value is -1.95.